The highest BCUT2D eigenvalue weighted by Gasteiger charge is 2.39. The Bertz CT molecular complexity index is 945. The summed E-state index contributed by atoms with van der Waals surface area (Å²) >= 11 is 0. The summed E-state index contributed by atoms with van der Waals surface area (Å²) in [4.78, 5) is 41.3. The number of rotatable bonds is 4. The van der Waals surface area contributed by atoms with E-state index in [0.717, 1.165) is 27.1 Å². The van der Waals surface area contributed by atoms with Crippen molar-refractivity contribution in [2.24, 2.45) is 0 Å². The van der Waals surface area contributed by atoms with Gasteiger partial charge in [-0.3, -0.25) is 4.79 Å². The monoisotopic (exact) mass is 403 g/mol. The standard InChI is InChI=1S/C20H25N3O6/c1-20(2,3)29-19(28)22-15(10-24)17(25)23-9-14-12(8-16(23)18(26)27)11-6-4-5-7-13(11)21-14/h4-7,15-16,21,24H,8-10H2,1-3H3,(H,22,28)(H,26,27)/t15-,16-/m0/s1. The van der Waals surface area contributed by atoms with E-state index in [1.807, 2.05) is 24.3 Å². The Labute approximate surface area is 167 Å². The maximum Gasteiger partial charge on any atom is 0.408 e. The van der Waals surface area contributed by atoms with Gasteiger partial charge in [0, 0.05) is 23.0 Å². The summed E-state index contributed by atoms with van der Waals surface area (Å²) in [5.74, 6) is -1.83. The molecule has 2 amide bonds. The smallest absolute Gasteiger partial charge is 0.408 e. The molecular weight excluding hydrogens is 378 g/mol. The van der Waals surface area contributed by atoms with Crippen molar-refractivity contribution in [2.75, 3.05) is 6.61 Å². The fourth-order valence-electron chi connectivity index (χ4n) is 3.50. The molecule has 0 saturated carbocycles. The molecule has 1 aliphatic rings. The zero-order chi connectivity index (χ0) is 21.3. The third-order valence-electron chi connectivity index (χ3n) is 4.74. The van der Waals surface area contributed by atoms with Crippen LogP contribution >= 0.6 is 0 Å². The highest BCUT2D eigenvalue weighted by Crippen LogP contribution is 2.30. The number of aliphatic hydroxyl groups excluding tert-OH is 1. The molecule has 2 heterocycles. The van der Waals surface area contributed by atoms with E-state index in [-0.39, 0.29) is 13.0 Å². The number of benzene rings is 1. The minimum absolute atomic E-state index is 0.0340. The van der Waals surface area contributed by atoms with Gasteiger partial charge in [-0.2, -0.15) is 0 Å². The molecule has 2 atom stereocenters. The molecule has 9 heteroatoms. The van der Waals surface area contributed by atoms with E-state index in [1.165, 1.54) is 0 Å². The number of nitrogens with zero attached hydrogens (tertiary/aromatic N) is 1. The lowest BCUT2D eigenvalue weighted by atomic mass is 9.96. The van der Waals surface area contributed by atoms with Gasteiger partial charge >= 0.3 is 12.1 Å². The van der Waals surface area contributed by atoms with Gasteiger partial charge in [-0.05, 0) is 32.4 Å². The average Bonchev–Trinajstić information content (AvgIpc) is 3.00. The van der Waals surface area contributed by atoms with Gasteiger partial charge in [-0.1, -0.05) is 18.2 Å². The number of aromatic amines is 1. The predicted molar refractivity (Wildman–Crippen MR) is 104 cm³/mol. The predicted octanol–water partition coefficient (Wildman–Crippen LogP) is 1.39. The number of H-pyrrole nitrogens is 1. The number of para-hydroxylation sites is 1. The molecule has 0 spiro atoms. The fraction of sp³-hybridized carbons (Fsp3) is 0.450. The average molecular weight is 403 g/mol. The number of fused-ring (bicyclic) bond motifs is 3. The van der Waals surface area contributed by atoms with Crippen LogP contribution in [0.3, 0.4) is 0 Å². The first-order valence-electron chi connectivity index (χ1n) is 9.33. The lowest BCUT2D eigenvalue weighted by Gasteiger charge is -2.35. The number of carbonyl (C=O) groups is 3. The Kier molecular flexibility index (Phi) is 5.52. The molecular formula is C20H25N3O6. The Morgan fingerprint density at radius 1 is 1.31 bits per heavy atom. The first kappa shape index (κ1) is 20.7. The van der Waals surface area contributed by atoms with Crippen molar-refractivity contribution in [1.82, 2.24) is 15.2 Å². The summed E-state index contributed by atoms with van der Waals surface area (Å²) < 4.78 is 5.12. The van der Waals surface area contributed by atoms with Gasteiger partial charge in [0.2, 0.25) is 5.91 Å². The van der Waals surface area contributed by atoms with E-state index in [2.05, 4.69) is 10.3 Å². The van der Waals surface area contributed by atoms with Crippen LogP contribution in [0.5, 0.6) is 0 Å². The Balaban J connectivity index is 1.86. The van der Waals surface area contributed by atoms with Crippen molar-refractivity contribution in [1.29, 1.82) is 0 Å². The molecule has 0 radical (unpaired) electrons. The zero-order valence-electron chi connectivity index (χ0n) is 16.6. The number of amides is 2. The van der Waals surface area contributed by atoms with Crippen LogP contribution in [0.15, 0.2) is 24.3 Å². The number of aliphatic carboxylic acids is 1. The molecule has 1 aromatic carbocycles. The number of aromatic nitrogens is 1. The van der Waals surface area contributed by atoms with E-state index in [1.54, 1.807) is 20.8 Å². The molecule has 1 aliphatic heterocycles. The molecule has 156 valence electrons. The molecule has 0 saturated heterocycles. The van der Waals surface area contributed by atoms with Gasteiger partial charge < -0.3 is 30.2 Å². The van der Waals surface area contributed by atoms with Crippen molar-refractivity contribution in [3.05, 3.63) is 35.5 Å². The maximum absolute atomic E-state index is 13.0. The lowest BCUT2D eigenvalue weighted by Crippen LogP contribution is -2.57. The van der Waals surface area contributed by atoms with Gasteiger partial charge in [-0.25, -0.2) is 9.59 Å². The van der Waals surface area contributed by atoms with Crippen molar-refractivity contribution in [3.8, 4) is 0 Å². The number of carbonyl (C=O) groups excluding carboxylic acids is 2. The normalized spacial score (nSPS) is 17.5. The highest BCUT2D eigenvalue weighted by atomic mass is 16.6. The fourth-order valence-corrected chi connectivity index (χ4v) is 3.50. The molecule has 0 bridgehead atoms. The van der Waals surface area contributed by atoms with E-state index in [4.69, 9.17) is 4.74 Å². The number of alkyl carbamates (subject to hydrolysis) is 1. The number of hydrogen-bond donors (Lipinski definition) is 4. The molecule has 3 rings (SSSR count). The first-order valence-corrected chi connectivity index (χ1v) is 9.33. The Morgan fingerprint density at radius 2 is 2.00 bits per heavy atom. The summed E-state index contributed by atoms with van der Waals surface area (Å²) in [6, 6.07) is 5.11. The molecule has 1 aromatic heterocycles. The molecule has 29 heavy (non-hydrogen) atoms. The van der Waals surface area contributed by atoms with Crippen LogP contribution in [0.4, 0.5) is 4.79 Å². The van der Waals surface area contributed by atoms with Crippen molar-refractivity contribution in [3.63, 3.8) is 0 Å². The molecule has 2 aromatic rings. The first-order chi connectivity index (χ1) is 13.6. The molecule has 0 unspecified atom stereocenters. The topological polar surface area (TPSA) is 132 Å². The number of ether oxygens (including phenoxy) is 1. The second-order valence-corrected chi connectivity index (χ2v) is 8.03. The van der Waals surface area contributed by atoms with Crippen molar-refractivity contribution >= 4 is 28.9 Å². The third kappa shape index (κ3) is 4.34. The van der Waals surface area contributed by atoms with E-state index >= 15 is 0 Å². The van der Waals surface area contributed by atoms with Gasteiger partial charge in [-0.15, -0.1) is 0 Å². The van der Waals surface area contributed by atoms with Gasteiger partial charge in [0.15, 0.2) is 0 Å². The van der Waals surface area contributed by atoms with Crippen LogP contribution < -0.4 is 5.32 Å². The number of hydrogen-bond acceptors (Lipinski definition) is 5. The number of carboxylic acids is 1. The quantitative estimate of drug-likeness (QED) is 0.610. The zero-order valence-corrected chi connectivity index (χ0v) is 16.6. The van der Waals surface area contributed by atoms with Crippen LogP contribution in [0.2, 0.25) is 0 Å². The highest BCUT2D eigenvalue weighted by molar-refractivity contribution is 5.92. The summed E-state index contributed by atoms with van der Waals surface area (Å²) in [7, 11) is 0. The lowest BCUT2D eigenvalue weighted by molar-refractivity contribution is -0.152. The molecule has 9 nitrogen and oxygen atoms in total. The summed E-state index contributed by atoms with van der Waals surface area (Å²) in [6.07, 6.45) is -0.731. The van der Waals surface area contributed by atoms with Crippen LogP contribution in [0, 0.1) is 0 Å². The van der Waals surface area contributed by atoms with Gasteiger partial charge in [0.05, 0.1) is 13.2 Å². The van der Waals surface area contributed by atoms with Crippen molar-refractivity contribution < 1.29 is 29.3 Å². The molecule has 0 aliphatic carbocycles. The van der Waals surface area contributed by atoms with Crippen LogP contribution in [-0.4, -0.2) is 62.4 Å². The number of carboxylic acid groups (broad SMARTS) is 1. The van der Waals surface area contributed by atoms with Crippen molar-refractivity contribution in [2.45, 2.75) is 51.4 Å². The molecule has 0 fully saturated rings. The van der Waals surface area contributed by atoms with E-state index in [9.17, 15) is 24.6 Å². The minimum Gasteiger partial charge on any atom is -0.480 e. The third-order valence-corrected chi connectivity index (χ3v) is 4.74. The second kappa shape index (κ2) is 7.75. The summed E-state index contributed by atoms with van der Waals surface area (Å²) in [6.45, 7) is 4.37. The maximum atomic E-state index is 13.0. The Hall–Kier alpha value is -3.07. The van der Waals surface area contributed by atoms with Gasteiger partial charge in [0.25, 0.3) is 0 Å². The van der Waals surface area contributed by atoms with E-state index < -0.39 is 42.3 Å². The Morgan fingerprint density at radius 3 is 2.62 bits per heavy atom. The summed E-state index contributed by atoms with van der Waals surface area (Å²) in [5, 5.41) is 22.6. The SMILES string of the molecule is CC(C)(C)OC(=O)N[C@@H](CO)C(=O)N1Cc2[nH]c3ccccc3c2C[C@H]1C(=O)O. The molecule has 4 N–H and O–H groups in total. The number of nitrogens with one attached hydrogen (secondary N) is 2. The minimum atomic E-state index is -1.31. The number of aliphatic hydroxyl groups is 1. The largest absolute Gasteiger partial charge is 0.480 e. The summed E-state index contributed by atoms with van der Waals surface area (Å²) in [5.41, 5.74) is 1.69. The van der Waals surface area contributed by atoms with Crippen LogP contribution in [0.25, 0.3) is 10.9 Å². The van der Waals surface area contributed by atoms with Crippen LogP contribution in [0.1, 0.15) is 32.0 Å². The van der Waals surface area contributed by atoms with E-state index in [0.29, 0.717) is 0 Å². The second-order valence-electron chi connectivity index (χ2n) is 8.03. The van der Waals surface area contributed by atoms with Gasteiger partial charge in [0.1, 0.15) is 17.7 Å². The van der Waals surface area contributed by atoms with Crippen LogP contribution in [-0.2, 0) is 27.3 Å².